The molecule has 0 aromatic heterocycles. The van der Waals surface area contributed by atoms with Gasteiger partial charge in [0.15, 0.2) is 0 Å². The maximum Gasteiger partial charge on any atom is 0.328 e. The predicted octanol–water partition coefficient (Wildman–Crippen LogP) is 0.156. The summed E-state index contributed by atoms with van der Waals surface area (Å²) in [7, 11) is 1.79. The Labute approximate surface area is 113 Å². The Bertz CT molecular complexity index is 344. The molecule has 6 nitrogen and oxygen atoms in total. The standard InChI is InChI=1S/C13H22N2O4/c1-3-4-9(16)7-12(17)15-11-6-5-10(8-14-2)19-13(11)18/h10-11,14H,3-8H2,1-2H3,(H,15,17)/t10-,11?/m0/s1. The Hall–Kier alpha value is -1.43. The SMILES string of the molecule is CCCC(=O)CC(=O)NC1CC[C@@H](CNC)OC1=O. The quantitative estimate of drug-likeness (QED) is 0.508. The number of nitrogens with one attached hydrogen (secondary N) is 2. The van der Waals surface area contributed by atoms with Crippen LogP contribution >= 0.6 is 0 Å². The highest BCUT2D eigenvalue weighted by Gasteiger charge is 2.30. The number of esters is 1. The molecule has 2 N–H and O–H groups in total. The van der Waals surface area contributed by atoms with E-state index >= 15 is 0 Å². The Morgan fingerprint density at radius 3 is 2.68 bits per heavy atom. The Kier molecular flexibility index (Phi) is 6.49. The number of hydrogen-bond donors (Lipinski definition) is 2. The number of hydrogen-bond acceptors (Lipinski definition) is 5. The van der Waals surface area contributed by atoms with Gasteiger partial charge in [0.05, 0.1) is 6.42 Å². The summed E-state index contributed by atoms with van der Waals surface area (Å²) in [5.74, 6) is -0.910. The van der Waals surface area contributed by atoms with E-state index in [2.05, 4.69) is 10.6 Å². The summed E-state index contributed by atoms with van der Waals surface area (Å²) >= 11 is 0. The Balaban J connectivity index is 2.35. The summed E-state index contributed by atoms with van der Waals surface area (Å²) in [5, 5.41) is 5.51. The fraction of sp³-hybridized carbons (Fsp3) is 0.769. The number of carbonyl (C=O) groups is 3. The minimum Gasteiger partial charge on any atom is -0.459 e. The van der Waals surface area contributed by atoms with Gasteiger partial charge >= 0.3 is 5.97 Å². The van der Waals surface area contributed by atoms with E-state index in [0.29, 0.717) is 25.8 Å². The Morgan fingerprint density at radius 1 is 1.37 bits per heavy atom. The Morgan fingerprint density at radius 2 is 2.11 bits per heavy atom. The third kappa shape index (κ3) is 5.38. The van der Waals surface area contributed by atoms with E-state index in [0.717, 1.165) is 6.42 Å². The second-order valence-electron chi connectivity index (χ2n) is 4.78. The minimum absolute atomic E-state index is 0.0998. The van der Waals surface area contributed by atoms with Gasteiger partial charge in [-0.2, -0.15) is 0 Å². The highest BCUT2D eigenvalue weighted by Crippen LogP contribution is 2.14. The van der Waals surface area contributed by atoms with Gasteiger partial charge in [-0.25, -0.2) is 4.79 Å². The average molecular weight is 270 g/mol. The van der Waals surface area contributed by atoms with Gasteiger partial charge in [-0.05, 0) is 26.3 Å². The van der Waals surface area contributed by atoms with Crippen molar-refractivity contribution in [2.24, 2.45) is 0 Å². The number of Topliss-reactive ketones (excluding diaryl/α,β-unsaturated/α-hetero) is 1. The first-order valence-corrected chi connectivity index (χ1v) is 6.73. The van der Waals surface area contributed by atoms with Crippen molar-refractivity contribution >= 4 is 17.7 Å². The average Bonchev–Trinajstić information content (AvgIpc) is 2.33. The van der Waals surface area contributed by atoms with Gasteiger partial charge in [-0.1, -0.05) is 6.92 Å². The molecule has 1 aliphatic heterocycles. The molecule has 0 radical (unpaired) electrons. The van der Waals surface area contributed by atoms with E-state index in [1.165, 1.54) is 0 Å². The molecule has 1 unspecified atom stereocenters. The largest absolute Gasteiger partial charge is 0.459 e. The first-order chi connectivity index (χ1) is 9.06. The molecule has 108 valence electrons. The first-order valence-electron chi connectivity index (χ1n) is 6.73. The van der Waals surface area contributed by atoms with E-state index in [1.807, 2.05) is 6.92 Å². The fourth-order valence-electron chi connectivity index (χ4n) is 2.07. The zero-order chi connectivity index (χ0) is 14.3. The minimum atomic E-state index is -0.616. The normalized spacial score (nSPS) is 22.7. The maximum absolute atomic E-state index is 11.7. The van der Waals surface area contributed by atoms with Crippen molar-refractivity contribution in [1.29, 1.82) is 0 Å². The second-order valence-corrected chi connectivity index (χ2v) is 4.78. The number of ketones is 1. The number of likely N-dealkylation sites (N-methyl/N-ethyl adjacent to an activating group) is 1. The van der Waals surface area contributed by atoms with Crippen molar-refractivity contribution < 1.29 is 19.1 Å². The zero-order valence-corrected chi connectivity index (χ0v) is 11.5. The molecular weight excluding hydrogens is 248 g/mol. The second kappa shape index (κ2) is 7.89. The van der Waals surface area contributed by atoms with Crippen molar-refractivity contribution in [3.8, 4) is 0 Å². The molecule has 1 saturated heterocycles. The van der Waals surface area contributed by atoms with Crippen LogP contribution in [0.25, 0.3) is 0 Å². The molecule has 1 aliphatic rings. The molecule has 6 heteroatoms. The smallest absolute Gasteiger partial charge is 0.328 e. The summed E-state index contributed by atoms with van der Waals surface area (Å²) < 4.78 is 5.19. The lowest BCUT2D eigenvalue weighted by Gasteiger charge is -2.28. The molecule has 0 spiro atoms. The van der Waals surface area contributed by atoms with Crippen molar-refractivity contribution in [2.75, 3.05) is 13.6 Å². The molecule has 0 aliphatic carbocycles. The number of ether oxygens (including phenoxy) is 1. The molecule has 19 heavy (non-hydrogen) atoms. The van der Waals surface area contributed by atoms with Crippen LogP contribution < -0.4 is 10.6 Å². The van der Waals surface area contributed by atoms with Crippen molar-refractivity contribution in [2.45, 2.75) is 51.2 Å². The number of rotatable bonds is 7. The van der Waals surface area contributed by atoms with Crippen LogP contribution in [0.2, 0.25) is 0 Å². The lowest BCUT2D eigenvalue weighted by atomic mass is 10.0. The van der Waals surface area contributed by atoms with Crippen LogP contribution in [0.4, 0.5) is 0 Å². The van der Waals surface area contributed by atoms with Crippen LogP contribution in [0.5, 0.6) is 0 Å². The van der Waals surface area contributed by atoms with Gasteiger partial charge in [0.1, 0.15) is 17.9 Å². The molecule has 1 amide bonds. The van der Waals surface area contributed by atoms with Crippen molar-refractivity contribution in [3.05, 3.63) is 0 Å². The van der Waals surface area contributed by atoms with Crippen LogP contribution in [-0.2, 0) is 19.1 Å². The van der Waals surface area contributed by atoms with Gasteiger partial charge < -0.3 is 15.4 Å². The van der Waals surface area contributed by atoms with Crippen molar-refractivity contribution in [1.82, 2.24) is 10.6 Å². The molecule has 1 fully saturated rings. The molecule has 0 aromatic rings. The van der Waals surface area contributed by atoms with E-state index in [-0.39, 0.29) is 18.3 Å². The summed E-state index contributed by atoms with van der Waals surface area (Å²) in [6.07, 6.45) is 2.10. The van der Waals surface area contributed by atoms with Crippen LogP contribution in [0.15, 0.2) is 0 Å². The van der Waals surface area contributed by atoms with Crippen molar-refractivity contribution in [3.63, 3.8) is 0 Å². The van der Waals surface area contributed by atoms with Gasteiger partial charge in [0, 0.05) is 13.0 Å². The summed E-state index contributed by atoms with van der Waals surface area (Å²) in [6, 6.07) is -0.616. The third-order valence-corrected chi connectivity index (χ3v) is 3.00. The van der Waals surface area contributed by atoms with Gasteiger partial charge in [0.25, 0.3) is 0 Å². The van der Waals surface area contributed by atoms with E-state index in [9.17, 15) is 14.4 Å². The zero-order valence-electron chi connectivity index (χ0n) is 11.5. The third-order valence-electron chi connectivity index (χ3n) is 3.00. The molecule has 0 bridgehead atoms. The van der Waals surface area contributed by atoms with Crippen LogP contribution in [0.3, 0.4) is 0 Å². The van der Waals surface area contributed by atoms with E-state index in [1.54, 1.807) is 7.05 Å². The highest BCUT2D eigenvalue weighted by atomic mass is 16.5. The number of carbonyl (C=O) groups excluding carboxylic acids is 3. The lowest BCUT2D eigenvalue weighted by Crippen LogP contribution is -2.48. The molecule has 2 atom stereocenters. The van der Waals surface area contributed by atoms with Gasteiger partial charge in [-0.3, -0.25) is 9.59 Å². The fourth-order valence-corrected chi connectivity index (χ4v) is 2.07. The molecule has 1 rings (SSSR count). The number of amides is 1. The molecular formula is C13H22N2O4. The molecule has 0 saturated carbocycles. The monoisotopic (exact) mass is 270 g/mol. The van der Waals surface area contributed by atoms with Crippen LogP contribution in [0, 0.1) is 0 Å². The highest BCUT2D eigenvalue weighted by molar-refractivity contribution is 5.99. The van der Waals surface area contributed by atoms with Crippen LogP contribution in [-0.4, -0.2) is 43.4 Å². The lowest BCUT2D eigenvalue weighted by molar-refractivity contribution is -0.158. The maximum atomic E-state index is 11.7. The predicted molar refractivity (Wildman–Crippen MR) is 69.5 cm³/mol. The topological polar surface area (TPSA) is 84.5 Å². The van der Waals surface area contributed by atoms with E-state index in [4.69, 9.17) is 4.74 Å². The van der Waals surface area contributed by atoms with Gasteiger partial charge in [-0.15, -0.1) is 0 Å². The van der Waals surface area contributed by atoms with Crippen LogP contribution in [0.1, 0.15) is 39.0 Å². The first kappa shape index (κ1) is 15.6. The number of cyclic esters (lactones) is 1. The molecule has 0 aromatic carbocycles. The summed E-state index contributed by atoms with van der Waals surface area (Å²) in [4.78, 5) is 34.6. The summed E-state index contributed by atoms with van der Waals surface area (Å²) in [5.41, 5.74) is 0. The summed E-state index contributed by atoms with van der Waals surface area (Å²) in [6.45, 7) is 2.50. The van der Waals surface area contributed by atoms with Gasteiger partial charge in [0.2, 0.25) is 5.91 Å². The molecule has 1 heterocycles. The van der Waals surface area contributed by atoms with E-state index < -0.39 is 17.9 Å².